The molecule has 0 spiro atoms. The van der Waals surface area contributed by atoms with Crippen molar-refractivity contribution in [1.29, 1.82) is 0 Å². The van der Waals surface area contributed by atoms with E-state index in [2.05, 4.69) is 5.32 Å². The number of anilines is 1. The molecule has 1 amide bonds. The quantitative estimate of drug-likeness (QED) is 0.504. The topological polar surface area (TPSA) is 117 Å². The van der Waals surface area contributed by atoms with Gasteiger partial charge in [-0.3, -0.25) is 4.79 Å². The Labute approximate surface area is 195 Å². The number of fused-ring (bicyclic) bond motifs is 1. The van der Waals surface area contributed by atoms with Crippen molar-refractivity contribution in [2.45, 2.75) is 56.9 Å². The van der Waals surface area contributed by atoms with Crippen molar-refractivity contribution in [1.82, 2.24) is 0 Å². The molecule has 0 bridgehead atoms. The molecule has 2 aromatic carbocycles. The predicted octanol–water partition coefficient (Wildman–Crippen LogP) is 3.98. The molecule has 1 aliphatic rings. The monoisotopic (exact) mass is 476 g/mol. The van der Waals surface area contributed by atoms with Gasteiger partial charge in [-0.05, 0) is 49.4 Å². The third-order valence-electron chi connectivity index (χ3n) is 5.40. The van der Waals surface area contributed by atoms with E-state index in [4.69, 9.17) is 19.9 Å². The van der Waals surface area contributed by atoms with E-state index in [1.807, 2.05) is 32.0 Å². The molecule has 0 saturated carbocycles. The average Bonchev–Trinajstić information content (AvgIpc) is 3.09. The lowest BCUT2D eigenvalue weighted by molar-refractivity contribution is -0.116. The molecular weight excluding hydrogens is 444 g/mol. The standard InChI is InChI=1S/C24H32N2O6S/c1-4-6-24(27)26-19-12-16(8-10-20(19)30-3)7-9-18(25)17-13-22-23(33(28,29)15-32-22)14-21(17)31-11-5-2/h8,10,12-14,18H,4-7,9,11,15,25H2,1-3H3,(H,26,27). The van der Waals surface area contributed by atoms with Crippen LogP contribution in [-0.4, -0.2) is 34.0 Å². The van der Waals surface area contributed by atoms with E-state index < -0.39 is 15.9 Å². The Morgan fingerprint density at radius 3 is 2.67 bits per heavy atom. The number of sulfone groups is 1. The first-order valence-electron chi connectivity index (χ1n) is 11.2. The van der Waals surface area contributed by atoms with E-state index in [9.17, 15) is 13.2 Å². The second-order valence-corrected chi connectivity index (χ2v) is 9.95. The molecule has 2 aromatic rings. The van der Waals surface area contributed by atoms with Gasteiger partial charge < -0.3 is 25.3 Å². The fourth-order valence-electron chi connectivity index (χ4n) is 3.67. The van der Waals surface area contributed by atoms with Crippen LogP contribution in [0.4, 0.5) is 5.69 Å². The molecule has 0 fully saturated rings. The number of aryl methyl sites for hydroxylation is 1. The highest BCUT2D eigenvalue weighted by Gasteiger charge is 2.31. The maximum Gasteiger partial charge on any atom is 0.224 e. The first-order chi connectivity index (χ1) is 15.8. The lowest BCUT2D eigenvalue weighted by Crippen LogP contribution is -2.14. The summed E-state index contributed by atoms with van der Waals surface area (Å²) in [5.74, 6) is 0.955. The highest BCUT2D eigenvalue weighted by atomic mass is 32.2. The molecule has 9 heteroatoms. The van der Waals surface area contributed by atoms with Crippen LogP contribution in [0.5, 0.6) is 17.2 Å². The summed E-state index contributed by atoms with van der Waals surface area (Å²) in [6, 6.07) is 8.47. The van der Waals surface area contributed by atoms with Crippen molar-refractivity contribution in [3.8, 4) is 17.2 Å². The van der Waals surface area contributed by atoms with Gasteiger partial charge in [0.15, 0.2) is 5.94 Å². The number of methoxy groups -OCH3 is 1. The fourth-order valence-corrected chi connectivity index (χ4v) is 4.79. The van der Waals surface area contributed by atoms with Gasteiger partial charge in [0.2, 0.25) is 15.7 Å². The molecule has 180 valence electrons. The number of hydrogen-bond acceptors (Lipinski definition) is 7. The van der Waals surface area contributed by atoms with Gasteiger partial charge in [0.05, 0.1) is 19.4 Å². The van der Waals surface area contributed by atoms with Gasteiger partial charge in [-0.2, -0.15) is 0 Å². The summed E-state index contributed by atoms with van der Waals surface area (Å²) in [6.07, 6.45) is 3.22. The summed E-state index contributed by atoms with van der Waals surface area (Å²) in [5, 5.41) is 2.90. The smallest absolute Gasteiger partial charge is 0.224 e. The number of carbonyl (C=O) groups is 1. The lowest BCUT2D eigenvalue weighted by Gasteiger charge is -2.18. The molecule has 3 N–H and O–H groups in total. The maximum absolute atomic E-state index is 12.2. The highest BCUT2D eigenvalue weighted by Crippen LogP contribution is 2.40. The maximum atomic E-state index is 12.2. The van der Waals surface area contributed by atoms with E-state index in [1.165, 1.54) is 6.07 Å². The Bertz CT molecular complexity index is 1100. The fraction of sp³-hybridized carbons (Fsp3) is 0.458. The molecule has 1 heterocycles. The number of nitrogens with one attached hydrogen (secondary N) is 1. The van der Waals surface area contributed by atoms with Gasteiger partial charge in [0.25, 0.3) is 0 Å². The van der Waals surface area contributed by atoms with Crippen LogP contribution in [0.3, 0.4) is 0 Å². The molecular formula is C24H32N2O6S. The minimum Gasteiger partial charge on any atom is -0.495 e. The van der Waals surface area contributed by atoms with Gasteiger partial charge in [-0.1, -0.05) is 19.9 Å². The first kappa shape index (κ1) is 24.9. The molecule has 33 heavy (non-hydrogen) atoms. The highest BCUT2D eigenvalue weighted by molar-refractivity contribution is 7.91. The molecule has 0 saturated heterocycles. The van der Waals surface area contributed by atoms with Gasteiger partial charge in [-0.25, -0.2) is 8.42 Å². The lowest BCUT2D eigenvalue weighted by atomic mass is 9.98. The third-order valence-corrected chi connectivity index (χ3v) is 6.82. The zero-order chi connectivity index (χ0) is 24.0. The number of carbonyl (C=O) groups excluding carboxylic acids is 1. The van der Waals surface area contributed by atoms with Crippen molar-refractivity contribution >= 4 is 21.4 Å². The normalized spacial score (nSPS) is 14.8. The van der Waals surface area contributed by atoms with Crippen LogP contribution in [0.15, 0.2) is 35.2 Å². The zero-order valence-electron chi connectivity index (χ0n) is 19.3. The summed E-state index contributed by atoms with van der Waals surface area (Å²) >= 11 is 0. The number of nitrogens with two attached hydrogens (primary N) is 1. The van der Waals surface area contributed by atoms with E-state index in [0.29, 0.717) is 54.4 Å². The Morgan fingerprint density at radius 1 is 1.18 bits per heavy atom. The van der Waals surface area contributed by atoms with Crippen LogP contribution in [0.25, 0.3) is 0 Å². The average molecular weight is 477 g/mol. The van der Waals surface area contributed by atoms with Crippen LogP contribution in [-0.2, 0) is 21.1 Å². The van der Waals surface area contributed by atoms with Crippen LogP contribution in [0.2, 0.25) is 0 Å². The molecule has 8 nitrogen and oxygen atoms in total. The molecule has 1 atom stereocenters. The summed E-state index contributed by atoms with van der Waals surface area (Å²) < 4.78 is 41.0. The van der Waals surface area contributed by atoms with Crippen LogP contribution in [0.1, 0.15) is 56.7 Å². The minimum atomic E-state index is -3.47. The van der Waals surface area contributed by atoms with Gasteiger partial charge in [0, 0.05) is 24.1 Å². The van der Waals surface area contributed by atoms with E-state index in [-0.39, 0.29) is 16.7 Å². The summed E-state index contributed by atoms with van der Waals surface area (Å²) in [6.45, 7) is 4.39. The number of hydrogen-bond donors (Lipinski definition) is 2. The van der Waals surface area contributed by atoms with E-state index >= 15 is 0 Å². The predicted molar refractivity (Wildman–Crippen MR) is 127 cm³/mol. The molecule has 1 aliphatic heterocycles. The van der Waals surface area contributed by atoms with E-state index in [0.717, 1.165) is 18.4 Å². The second-order valence-electron chi connectivity index (χ2n) is 8.04. The van der Waals surface area contributed by atoms with Crippen molar-refractivity contribution in [3.05, 3.63) is 41.5 Å². The largest absolute Gasteiger partial charge is 0.495 e. The minimum absolute atomic E-state index is 0.0598. The van der Waals surface area contributed by atoms with Crippen molar-refractivity contribution in [2.75, 3.05) is 25.0 Å². The molecule has 1 unspecified atom stereocenters. The van der Waals surface area contributed by atoms with Crippen molar-refractivity contribution in [3.63, 3.8) is 0 Å². The number of rotatable bonds is 11. The first-order valence-corrected chi connectivity index (χ1v) is 12.8. The summed E-state index contributed by atoms with van der Waals surface area (Å²) in [7, 11) is -1.90. The third kappa shape index (κ3) is 5.97. The van der Waals surface area contributed by atoms with Crippen LogP contribution >= 0.6 is 0 Å². The Balaban J connectivity index is 1.79. The summed E-state index contributed by atoms with van der Waals surface area (Å²) in [4.78, 5) is 12.2. The van der Waals surface area contributed by atoms with E-state index in [1.54, 1.807) is 13.2 Å². The molecule has 0 aromatic heterocycles. The Morgan fingerprint density at radius 2 is 1.97 bits per heavy atom. The number of amides is 1. The SMILES string of the molecule is CCCOc1cc2c(cc1C(N)CCc1ccc(OC)c(NC(=O)CCC)c1)OCS2(=O)=O. The zero-order valence-corrected chi connectivity index (χ0v) is 20.2. The van der Waals surface area contributed by atoms with Crippen LogP contribution < -0.4 is 25.3 Å². The number of benzene rings is 2. The van der Waals surface area contributed by atoms with Gasteiger partial charge in [0.1, 0.15) is 22.1 Å². The van der Waals surface area contributed by atoms with Crippen LogP contribution in [0, 0.1) is 0 Å². The van der Waals surface area contributed by atoms with Gasteiger partial charge >= 0.3 is 0 Å². The van der Waals surface area contributed by atoms with Gasteiger partial charge in [-0.15, -0.1) is 0 Å². The molecule has 3 rings (SSSR count). The number of ether oxygens (including phenoxy) is 3. The Hall–Kier alpha value is -2.78. The second kappa shape index (κ2) is 10.9. The van der Waals surface area contributed by atoms with Crippen molar-refractivity contribution in [2.24, 2.45) is 5.73 Å². The molecule has 0 aliphatic carbocycles. The Kier molecular flexibility index (Phi) is 8.20. The molecule has 0 radical (unpaired) electrons. The van der Waals surface area contributed by atoms with Crippen molar-refractivity contribution < 1.29 is 27.4 Å². The summed E-state index contributed by atoms with van der Waals surface area (Å²) in [5.41, 5.74) is 8.85.